The smallest absolute Gasteiger partial charge is 0.191 e. The van der Waals surface area contributed by atoms with Crippen molar-refractivity contribution in [2.45, 2.75) is 26.7 Å². The van der Waals surface area contributed by atoms with Crippen molar-refractivity contribution in [3.05, 3.63) is 18.0 Å². The summed E-state index contributed by atoms with van der Waals surface area (Å²) in [5.74, 6) is 0.901. The van der Waals surface area contributed by atoms with Crippen molar-refractivity contribution >= 4 is 5.96 Å². The molecule has 0 amide bonds. The largest absolute Gasteiger partial charge is 0.357 e. The van der Waals surface area contributed by atoms with Crippen molar-refractivity contribution in [1.82, 2.24) is 20.4 Å². The first kappa shape index (κ1) is 13.5. The van der Waals surface area contributed by atoms with Crippen molar-refractivity contribution in [1.29, 1.82) is 0 Å². The minimum atomic E-state index is 0.863. The SMILES string of the molecule is CCCN=C(NCC)NCCc1cnn(C)c1. The topological polar surface area (TPSA) is 54.2 Å². The fraction of sp³-hybridized carbons (Fsp3) is 0.667. The first-order valence-corrected chi connectivity index (χ1v) is 6.26. The van der Waals surface area contributed by atoms with Crippen molar-refractivity contribution in [2.75, 3.05) is 19.6 Å². The molecule has 0 aromatic carbocycles. The molecule has 0 saturated heterocycles. The lowest BCUT2D eigenvalue weighted by atomic mass is 10.2. The van der Waals surface area contributed by atoms with Gasteiger partial charge in [0.25, 0.3) is 0 Å². The number of aryl methyl sites for hydroxylation is 1. The Morgan fingerprint density at radius 2 is 2.24 bits per heavy atom. The lowest BCUT2D eigenvalue weighted by molar-refractivity contribution is 0.764. The molecule has 1 heterocycles. The third-order valence-corrected chi connectivity index (χ3v) is 2.30. The van der Waals surface area contributed by atoms with E-state index in [-0.39, 0.29) is 0 Å². The standard InChI is InChI=1S/C12H23N5/c1-4-7-14-12(13-5-2)15-8-6-11-9-16-17(3)10-11/h9-10H,4-8H2,1-3H3,(H2,13,14,15). The highest BCUT2D eigenvalue weighted by molar-refractivity contribution is 5.79. The van der Waals surface area contributed by atoms with Gasteiger partial charge in [0.2, 0.25) is 0 Å². The van der Waals surface area contributed by atoms with Gasteiger partial charge in [-0.2, -0.15) is 5.10 Å². The Bertz CT molecular complexity index is 342. The molecular formula is C12H23N5. The van der Waals surface area contributed by atoms with E-state index in [2.05, 4.69) is 34.6 Å². The molecule has 17 heavy (non-hydrogen) atoms. The zero-order valence-corrected chi connectivity index (χ0v) is 11.0. The van der Waals surface area contributed by atoms with E-state index in [1.54, 1.807) is 0 Å². The Hall–Kier alpha value is -1.52. The van der Waals surface area contributed by atoms with Crippen molar-refractivity contribution < 1.29 is 0 Å². The van der Waals surface area contributed by atoms with Gasteiger partial charge in [-0.3, -0.25) is 9.67 Å². The Balaban J connectivity index is 2.31. The van der Waals surface area contributed by atoms with Gasteiger partial charge in [0, 0.05) is 32.9 Å². The summed E-state index contributed by atoms with van der Waals surface area (Å²) in [5, 5.41) is 10.7. The van der Waals surface area contributed by atoms with Crippen LogP contribution in [-0.4, -0.2) is 35.4 Å². The molecule has 0 aliphatic carbocycles. The monoisotopic (exact) mass is 237 g/mol. The van der Waals surface area contributed by atoms with Crippen molar-refractivity contribution in [3.8, 4) is 0 Å². The van der Waals surface area contributed by atoms with Crippen LogP contribution in [0.25, 0.3) is 0 Å². The average molecular weight is 237 g/mol. The first-order chi connectivity index (χ1) is 8.26. The molecule has 0 spiro atoms. The molecule has 0 atom stereocenters. The van der Waals surface area contributed by atoms with Crippen LogP contribution < -0.4 is 10.6 Å². The lowest BCUT2D eigenvalue weighted by Gasteiger charge is -2.10. The van der Waals surface area contributed by atoms with E-state index < -0.39 is 0 Å². The number of guanidine groups is 1. The van der Waals surface area contributed by atoms with Crippen LogP contribution in [0.2, 0.25) is 0 Å². The number of nitrogens with zero attached hydrogens (tertiary/aromatic N) is 3. The Morgan fingerprint density at radius 1 is 1.41 bits per heavy atom. The summed E-state index contributed by atoms with van der Waals surface area (Å²) >= 11 is 0. The summed E-state index contributed by atoms with van der Waals surface area (Å²) in [7, 11) is 1.93. The van der Waals surface area contributed by atoms with Gasteiger partial charge in [-0.1, -0.05) is 6.92 Å². The number of rotatable bonds is 6. The molecular weight excluding hydrogens is 214 g/mol. The highest BCUT2D eigenvalue weighted by atomic mass is 15.2. The molecule has 1 aromatic heterocycles. The van der Waals surface area contributed by atoms with Crippen LogP contribution in [0.3, 0.4) is 0 Å². The van der Waals surface area contributed by atoms with Gasteiger partial charge in [0.05, 0.1) is 6.20 Å². The van der Waals surface area contributed by atoms with Crippen LogP contribution in [0.5, 0.6) is 0 Å². The molecule has 0 fully saturated rings. The predicted octanol–water partition coefficient (Wildman–Crippen LogP) is 0.928. The molecule has 5 nitrogen and oxygen atoms in total. The fourth-order valence-electron chi connectivity index (χ4n) is 1.49. The van der Waals surface area contributed by atoms with Gasteiger partial charge >= 0.3 is 0 Å². The molecule has 1 aromatic rings. The predicted molar refractivity (Wildman–Crippen MR) is 71.2 cm³/mol. The molecule has 0 radical (unpaired) electrons. The van der Waals surface area contributed by atoms with Crippen LogP contribution >= 0.6 is 0 Å². The molecule has 1 rings (SSSR count). The molecule has 96 valence electrons. The third kappa shape index (κ3) is 5.38. The van der Waals surface area contributed by atoms with Gasteiger partial charge in [-0.25, -0.2) is 0 Å². The third-order valence-electron chi connectivity index (χ3n) is 2.30. The summed E-state index contributed by atoms with van der Waals surface area (Å²) in [5.41, 5.74) is 1.24. The van der Waals surface area contributed by atoms with E-state index >= 15 is 0 Å². The number of hydrogen-bond acceptors (Lipinski definition) is 2. The van der Waals surface area contributed by atoms with Gasteiger partial charge in [-0.15, -0.1) is 0 Å². The van der Waals surface area contributed by atoms with E-state index in [0.29, 0.717) is 0 Å². The Kier molecular flexibility index (Phi) is 6.14. The maximum absolute atomic E-state index is 4.44. The second-order valence-electron chi connectivity index (χ2n) is 3.96. The highest BCUT2D eigenvalue weighted by Gasteiger charge is 1.98. The van der Waals surface area contributed by atoms with Crippen molar-refractivity contribution in [3.63, 3.8) is 0 Å². The Labute approximate surface area is 103 Å². The quantitative estimate of drug-likeness (QED) is 0.571. The van der Waals surface area contributed by atoms with E-state index in [1.165, 1.54) is 5.56 Å². The van der Waals surface area contributed by atoms with Crippen LogP contribution in [-0.2, 0) is 13.5 Å². The molecule has 0 bridgehead atoms. The normalized spacial score (nSPS) is 11.6. The van der Waals surface area contributed by atoms with Gasteiger partial charge in [-0.05, 0) is 25.3 Å². The van der Waals surface area contributed by atoms with E-state index in [4.69, 9.17) is 0 Å². The first-order valence-electron chi connectivity index (χ1n) is 6.26. The van der Waals surface area contributed by atoms with Gasteiger partial charge in [0.1, 0.15) is 0 Å². The number of hydrogen-bond donors (Lipinski definition) is 2. The summed E-state index contributed by atoms with van der Waals surface area (Å²) in [6.07, 6.45) is 5.97. The van der Waals surface area contributed by atoms with Crippen LogP contribution in [0, 0.1) is 0 Å². The number of aromatic nitrogens is 2. The number of nitrogens with one attached hydrogen (secondary N) is 2. The molecule has 0 aliphatic heterocycles. The lowest BCUT2D eigenvalue weighted by Crippen LogP contribution is -2.38. The minimum absolute atomic E-state index is 0.863. The maximum atomic E-state index is 4.44. The second-order valence-corrected chi connectivity index (χ2v) is 3.96. The minimum Gasteiger partial charge on any atom is -0.357 e. The molecule has 5 heteroatoms. The molecule has 0 saturated carbocycles. The molecule has 2 N–H and O–H groups in total. The maximum Gasteiger partial charge on any atom is 0.191 e. The van der Waals surface area contributed by atoms with Gasteiger partial charge < -0.3 is 10.6 Å². The highest BCUT2D eigenvalue weighted by Crippen LogP contribution is 1.95. The molecule has 0 unspecified atom stereocenters. The summed E-state index contributed by atoms with van der Waals surface area (Å²) in [6, 6.07) is 0. The summed E-state index contributed by atoms with van der Waals surface area (Å²) in [6.45, 7) is 6.83. The van der Waals surface area contributed by atoms with Gasteiger partial charge in [0.15, 0.2) is 5.96 Å². The fourth-order valence-corrected chi connectivity index (χ4v) is 1.49. The van der Waals surface area contributed by atoms with E-state index in [0.717, 1.165) is 38.4 Å². The second kappa shape index (κ2) is 7.70. The average Bonchev–Trinajstić information content (AvgIpc) is 2.72. The zero-order valence-electron chi connectivity index (χ0n) is 11.0. The summed E-state index contributed by atoms with van der Waals surface area (Å²) in [4.78, 5) is 4.44. The van der Waals surface area contributed by atoms with Crippen molar-refractivity contribution in [2.24, 2.45) is 12.0 Å². The summed E-state index contributed by atoms with van der Waals surface area (Å²) < 4.78 is 1.83. The number of aliphatic imine (C=N–C) groups is 1. The van der Waals surface area contributed by atoms with Crippen LogP contribution in [0.15, 0.2) is 17.4 Å². The van der Waals surface area contributed by atoms with E-state index in [1.807, 2.05) is 24.1 Å². The van der Waals surface area contributed by atoms with Crippen LogP contribution in [0.4, 0.5) is 0 Å². The molecule has 0 aliphatic rings. The van der Waals surface area contributed by atoms with E-state index in [9.17, 15) is 0 Å². The van der Waals surface area contributed by atoms with Crippen LogP contribution in [0.1, 0.15) is 25.8 Å². The Morgan fingerprint density at radius 3 is 2.82 bits per heavy atom. The zero-order chi connectivity index (χ0) is 12.5.